The average Bonchev–Trinajstić information content (AvgIpc) is 3.02. The minimum atomic E-state index is -0.689. The number of nitrogens with zero attached hydrogens (tertiary/aromatic N) is 4. The van der Waals surface area contributed by atoms with E-state index in [1.165, 1.54) is 10.5 Å². The number of aromatic nitrogens is 1. The molecule has 0 bridgehead atoms. The summed E-state index contributed by atoms with van der Waals surface area (Å²) in [6.07, 6.45) is 6.49. The van der Waals surface area contributed by atoms with Gasteiger partial charge in [-0.1, -0.05) is 18.2 Å². The normalized spacial score (nSPS) is 18.6. The van der Waals surface area contributed by atoms with Crippen molar-refractivity contribution in [3.05, 3.63) is 59.9 Å². The molecular formula is C25H32N4O3. The lowest BCUT2D eigenvalue weighted by Crippen LogP contribution is -2.56. The molecule has 2 aliphatic rings. The Hall–Kier alpha value is -2.93. The maximum Gasteiger partial charge on any atom is 0.327 e. The lowest BCUT2D eigenvalue weighted by Gasteiger charge is -2.42. The van der Waals surface area contributed by atoms with Crippen LogP contribution in [-0.4, -0.2) is 70.4 Å². The predicted molar refractivity (Wildman–Crippen MR) is 122 cm³/mol. The number of pyridine rings is 1. The van der Waals surface area contributed by atoms with Crippen molar-refractivity contribution in [1.82, 2.24) is 19.7 Å². The van der Waals surface area contributed by atoms with Gasteiger partial charge in [0.15, 0.2) is 0 Å². The Balaban J connectivity index is 1.38. The lowest BCUT2D eigenvalue weighted by molar-refractivity contribution is -0.135. The van der Waals surface area contributed by atoms with E-state index in [4.69, 9.17) is 4.74 Å². The van der Waals surface area contributed by atoms with Gasteiger partial charge in [0.05, 0.1) is 7.11 Å². The summed E-state index contributed by atoms with van der Waals surface area (Å²) in [5, 5.41) is 0. The Bertz CT molecular complexity index is 941. The van der Waals surface area contributed by atoms with E-state index in [-0.39, 0.29) is 11.9 Å². The summed E-state index contributed by atoms with van der Waals surface area (Å²) < 4.78 is 5.33. The summed E-state index contributed by atoms with van der Waals surface area (Å²) >= 11 is 0. The highest BCUT2D eigenvalue weighted by Gasteiger charge is 2.57. The number of rotatable bonds is 8. The maximum absolute atomic E-state index is 13.5. The molecule has 7 nitrogen and oxygen atoms in total. The van der Waals surface area contributed by atoms with Crippen LogP contribution in [0.3, 0.4) is 0 Å². The topological polar surface area (TPSA) is 66.0 Å². The number of imide groups is 1. The summed E-state index contributed by atoms with van der Waals surface area (Å²) in [5.74, 6) is 0.836. The van der Waals surface area contributed by atoms with Gasteiger partial charge in [0.25, 0.3) is 5.91 Å². The fraction of sp³-hybridized carbons (Fsp3) is 0.480. The van der Waals surface area contributed by atoms with Crippen molar-refractivity contribution < 1.29 is 14.3 Å². The molecule has 0 aliphatic carbocycles. The van der Waals surface area contributed by atoms with Crippen LogP contribution in [0, 0.1) is 0 Å². The molecule has 1 aromatic carbocycles. The van der Waals surface area contributed by atoms with Gasteiger partial charge in [0, 0.05) is 45.1 Å². The number of aryl methyl sites for hydroxylation is 1. The maximum atomic E-state index is 13.5. The zero-order chi connectivity index (χ0) is 22.6. The Morgan fingerprint density at radius 2 is 1.88 bits per heavy atom. The van der Waals surface area contributed by atoms with Crippen molar-refractivity contribution in [2.24, 2.45) is 0 Å². The van der Waals surface area contributed by atoms with Crippen LogP contribution in [0.1, 0.15) is 37.3 Å². The third kappa shape index (κ3) is 4.35. The number of carbonyl (C=O) groups is 2. The number of amides is 3. The molecule has 32 heavy (non-hydrogen) atoms. The summed E-state index contributed by atoms with van der Waals surface area (Å²) in [7, 11) is 1.67. The molecule has 0 N–H and O–H groups in total. The molecule has 2 aromatic rings. The van der Waals surface area contributed by atoms with E-state index in [0.717, 1.165) is 43.8 Å². The van der Waals surface area contributed by atoms with Gasteiger partial charge < -0.3 is 9.64 Å². The van der Waals surface area contributed by atoms with Gasteiger partial charge in [0.1, 0.15) is 11.3 Å². The molecule has 170 valence electrons. The summed E-state index contributed by atoms with van der Waals surface area (Å²) in [4.78, 5) is 36.4. The number of carbonyl (C=O) groups excluding carboxylic acids is 2. The van der Waals surface area contributed by atoms with Gasteiger partial charge in [-0.25, -0.2) is 4.79 Å². The zero-order valence-corrected chi connectivity index (χ0v) is 19.0. The smallest absolute Gasteiger partial charge is 0.327 e. The van der Waals surface area contributed by atoms with E-state index >= 15 is 0 Å². The first kappa shape index (κ1) is 22.3. The SMILES string of the molecule is CCN1C(=O)N(CCCc2cccnc2)C(=O)C12CCN(Cc1cccc(OC)c1)CC2. The number of ether oxygens (including phenoxy) is 1. The largest absolute Gasteiger partial charge is 0.497 e. The monoisotopic (exact) mass is 436 g/mol. The van der Waals surface area contributed by atoms with Crippen LogP contribution in [0.5, 0.6) is 5.75 Å². The summed E-state index contributed by atoms with van der Waals surface area (Å²) in [6.45, 7) is 5.37. The van der Waals surface area contributed by atoms with Crippen LogP contribution in [-0.2, 0) is 17.8 Å². The average molecular weight is 437 g/mol. The van der Waals surface area contributed by atoms with Crippen molar-refractivity contribution in [2.75, 3.05) is 33.3 Å². The number of benzene rings is 1. The molecule has 1 aromatic heterocycles. The molecule has 4 rings (SSSR count). The molecule has 7 heteroatoms. The molecule has 3 heterocycles. The number of likely N-dealkylation sites (tertiary alicyclic amines) is 1. The third-order valence-electron chi connectivity index (χ3n) is 6.73. The molecule has 2 fully saturated rings. The highest BCUT2D eigenvalue weighted by atomic mass is 16.5. The van der Waals surface area contributed by atoms with Gasteiger partial charge in [-0.3, -0.25) is 19.6 Å². The van der Waals surface area contributed by atoms with Gasteiger partial charge in [-0.05, 0) is 61.9 Å². The lowest BCUT2D eigenvalue weighted by atomic mass is 9.85. The van der Waals surface area contributed by atoms with Crippen LogP contribution in [0.2, 0.25) is 0 Å². The van der Waals surface area contributed by atoms with E-state index in [1.54, 1.807) is 13.3 Å². The Kier molecular flexibility index (Phi) is 6.74. The number of methoxy groups -OCH3 is 1. The molecule has 0 atom stereocenters. The van der Waals surface area contributed by atoms with Crippen molar-refractivity contribution >= 4 is 11.9 Å². The first-order valence-electron chi connectivity index (χ1n) is 11.4. The van der Waals surface area contributed by atoms with E-state index < -0.39 is 5.54 Å². The van der Waals surface area contributed by atoms with Crippen molar-refractivity contribution in [1.29, 1.82) is 0 Å². The van der Waals surface area contributed by atoms with Crippen LogP contribution < -0.4 is 4.74 Å². The Morgan fingerprint density at radius 1 is 1.09 bits per heavy atom. The minimum Gasteiger partial charge on any atom is -0.497 e. The molecular weight excluding hydrogens is 404 g/mol. The highest BCUT2D eigenvalue weighted by molar-refractivity contribution is 6.07. The Morgan fingerprint density at radius 3 is 2.56 bits per heavy atom. The molecule has 1 spiro atoms. The van der Waals surface area contributed by atoms with Crippen LogP contribution >= 0.6 is 0 Å². The fourth-order valence-corrected chi connectivity index (χ4v) is 5.00. The number of hydrogen-bond donors (Lipinski definition) is 0. The number of piperidine rings is 1. The quantitative estimate of drug-likeness (QED) is 0.594. The number of urea groups is 1. The molecule has 0 saturated carbocycles. The van der Waals surface area contributed by atoms with Gasteiger partial charge in [-0.15, -0.1) is 0 Å². The van der Waals surface area contributed by atoms with E-state index in [2.05, 4.69) is 22.0 Å². The van der Waals surface area contributed by atoms with Crippen LogP contribution in [0.4, 0.5) is 4.79 Å². The molecule has 3 amide bonds. The van der Waals surface area contributed by atoms with Crippen molar-refractivity contribution in [3.63, 3.8) is 0 Å². The second kappa shape index (κ2) is 9.69. The van der Waals surface area contributed by atoms with E-state index in [9.17, 15) is 9.59 Å². The molecule has 2 aliphatic heterocycles. The minimum absolute atomic E-state index is 0.0171. The van der Waals surface area contributed by atoms with Crippen molar-refractivity contribution in [2.45, 2.75) is 44.7 Å². The van der Waals surface area contributed by atoms with E-state index in [0.29, 0.717) is 25.9 Å². The number of hydrogen-bond acceptors (Lipinski definition) is 5. The molecule has 0 radical (unpaired) electrons. The highest BCUT2D eigenvalue weighted by Crippen LogP contribution is 2.37. The first-order valence-corrected chi connectivity index (χ1v) is 11.4. The second-order valence-corrected chi connectivity index (χ2v) is 8.61. The molecule has 2 saturated heterocycles. The predicted octanol–water partition coefficient (Wildman–Crippen LogP) is 3.34. The first-order chi connectivity index (χ1) is 15.6. The fourth-order valence-electron chi connectivity index (χ4n) is 5.00. The summed E-state index contributed by atoms with van der Waals surface area (Å²) in [6, 6.07) is 11.9. The molecule has 0 unspecified atom stereocenters. The third-order valence-corrected chi connectivity index (χ3v) is 6.73. The Labute approximate surface area is 190 Å². The second-order valence-electron chi connectivity index (χ2n) is 8.61. The van der Waals surface area contributed by atoms with Crippen LogP contribution in [0.15, 0.2) is 48.8 Å². The summed E-state index contributed by atoms with van der Waals surface area (Å²) in [5.41, 5.74) is 1.63. The van der Waals surface area contributed by atoms with Gasteiger partial charge in [0.2, 0.25) is 0 Å². The van der Waals surface area contributed by atoms with Crippen molar-refractivity contribution in [3.8, 4) is 5.75 Å². The van der Waals surface area contributed by atoms with Gasteiger partial charge in [-0.2, -0.15) is 0 Å². The van der Waals surface area contributed by atoms with Gasteiger partial charge >= 0.3 is 6.03 Å². The van der Waals surface area contributed by atoms with E-state index in [1.807, 2.05) is 42.3 Å². The zero-order valence-electron chi connectivity index (χ0n) is 19.0. The van der Waals surface area contributed by atoms with Crippen LogP contribution in [0.25, 0.3) is 0 Å². The number of likely N-dealkylation sites (N-methyl/N-ethyl adjacent to an activating group) is 1. The standard InChI is InChI=1S/C25H32N4O3/c1-3-29-24(31)28(14-6-9-20-8-5-13-26-18-20)23(30)25(29)11-15-27(16-12-25)19-21-7-4-10-22(17-21)32-2/h4-5,7-8,10,13,17-18H,3,6,9,11-12,14-16,19H2,1-2H3.